The highest BCUT2D eigenvalue weighted by Crippen LogP contribution is 2.38. The van der Waals surface area contributed by atoms with E-state index in [-0.39, 0.29) is 34.0 Å². The minimum absolute atomic E-state index is 0.0329. The van der Waals surface area contributed by atoms with Gasteiger partial charge in [0.2, 0.25) is 5.88 Å². The van der Waals surface area contributed by atoms with Crippen molar-refractivity contribution in [2.75, 3.05) is 12.4 Å². The van der Waals surface area contributed by atoms with Gasteiger partial charge in [0.1, 0.15) is 5.56 Å². The molecule has 7 nitrogen and oxygen atoms in total. The van der Waals surface area contributed by atoms with Gasteiger partial charge in [-0.3, -0.25) is 4.79 Å². The van der Waals surface area contributed by atoms with Crippen molar-refractivity contribution in [3.8, 4) is 5.88 Å². The molecule has 1 aliphatic rings. The number of sulfone groups is 1. The van der Waals surface area contributed by atoms with Crippen molar-refractivity contribution < 1.29 is 23.1 Å². The third-order valence-corrected chi connectivity index (χ3v) is 6.70. The van der Waals surface area contributed by atoms with E-state index in [9.17, 15) is 18.3 Å². The summed E-state index contributed by atoms with van der Waals surface area (Å²) < 4.78 is 32.2. The topological polar surface area (TPSA) is 98.5 Å². The molecule has 0 radical (unpaired) electrons. The molecule has 2 aromatic rings. The number of fused-ring (bicyclic) bond motifs is 1. The van der Waals surface area contributed by atoms with Crippen LogP contribution in [0.4, 0.5) is 0 Å². The van der Waals surface area contributed by atoms with Crippen molar-refractivity contribution >= 4 is 15.6 Å². The number of nitrogens with zero attached hydrogens (tertiary/aromatic N) is 2. The van der Waals surface area contributed by atoms with Crippen molar-refractivity contribution in [2.45, 2.75) is 51.2 Å². The first-order valence-electron chi connectivity index (χ1n) is 9.09. The van der Waals surface area contributed by atoms with Crippen molar-refractivity contribution in [1.82, 2.24) is 9.78 Å². The Morgan fingerprint density at radius 1 is 1.33 bits per heavy atom. The third-order valence-electron chi connectivity index (χ3n) is 4.90. The Kier molecular flexibility index (Phi) is 5.39. The molecular weight excluding hydrogens is 368 g/mol. The second-order valence-electron chi connectivity index (χ2n) is 6.64. The van der Waals surface area contributed by atoms with Crippen LogP contribution < -0.4 is 0 Å². The zero-order valence-electron chi connectivity index (χ0n) is 15.7. The van der Waals surface area contributed by atoms with Gasteiger partial charge in [-0.2, -0.15) is 5.10 Å². The molecule has 0 bridgehead atoms. The lowest BCUT2D eigenvalue weighted by atomic mass is 9.92. The van der Waals surface area contributed by atoms with E-state index in [1.165, 1.54) is 23.0 Å². The van der Waals surface area contributed by atoms with Gasteiger partial charge in [0.15, 0.2) is 15.6 Å². The van der Waals surface area contributed by atoms with Crippen LogP contribution in [-0.2, 0) is 21.1 Å². The standard InChI is InChI=1S/C19H24N2O5S/c1-4-9-26-15-8-10-27(24,25)16-7-6-13(12(3)17(15)16)18(22)14-11-20-21(5-2)19(14)23/h6-7,11,15,23H,4-5,8-10H2,1-3H3. The number of ether oxygens (including phenoxy) is 1. The molecule has 1 unspecified atom stereocenters. The minimum Gasteiger partial charge on any atom is -0.493 e. The quantitative estimate of drug-likeness (QED) is 0.759. The van der Waals surface area contributed by atoms with E-state index in [1.54, 1.807) is 6.92 Å². The molecule has 1 aliphatic heterocycles. The van der Waals surface area contributed by atoms with E-state index in [2.05, 4.69) is 5.10 Å². The summed E-state index contributed by atoms with van der Waals surface area (Å²) in [7, 11) is -3.39. The third kappa shape index (κ3) is 3.39. The Labute approximate surface area is 158 Å². The molecule has 3 rings (SSSR count). The molecule has 0 amide bonds. The molecule has 2 heterocycles. The molecule has 1 atom stereocenters. The first-order valence-corrected chi connectivity index (χ1v) is 10.7. The lowest BCUT2D eigenvalue weighted by molar-refractivity contribution is 0.0470. The van der Waals surface area contributed by atoms with Gasteiger partial charge in [-0.05, 0) is 44.4 Å². The number of hydrogen-bond acceptors (Lipinski definition) is 6. The van der Waals surface area contributed by atoms with Gasteiger partial charge in [-0.1, -0.05) is 6.92 Å². The zero-order valence-corrected chi connectivity index (χ0v) is 16.5. The minimum atomic E-state index is -3.39. The van der Waals surface area contributed by atoms with Gasteiger partial charge >= 0.3 is 0 Å². The van der Waals surface area contributed by atoms with Crippen molar-refractivity contribution in [2.24, 2.45) is 0 Å². The average molecular weight is 392 g/mol. The second kappa shape index (κ2) is 7.44. The van der Waals surface area contributed by atoms with Crippen LogP contribution >= 0.6 is 0 Å². The molecule has 0 aliphatic carbocycles. The summed E-state index contributed by atoms with van der Waals surface area (Å²) in [4.78, 5) is 13.2. The Hall–Kier alpha value is -2.19. The molecule has 1 aromatic carbocycles. The summed E-state index contributed by atoms with van der Waals surface area (Å²) in [6, 6.07) is 2.99. The Morgan fingerprint density at radius 3 is 2.70 bits per heavy atom. The van der Waals surface area contributed by atoms with E-state index in [1.807, 2.05) is 13.8 Å². The lowest BCUT2D eigenvalue weighted by Crippen LogP contribution is -2.24. The number of rotatable bonds is 6. The van der Waals surface area contributed by atoms with E-state index in [4.69, 9.17) is 4.74 Å². The molecule has 146 valence electrons. The lowest BCUT2D eigenvalue weighted by Gasteiger charge is -2.28. The maximum absolute atomic E-state index is 13.0. The summed E-state index contributed by atoms with van der Waals surface area (Å²) >= 11 is 0. The number of ketones is 1. The van der Waals surface area contributed by atoms with E-state index < -0.39 is 9.84 Å². The molecule has 0 saturated carbocycles. The summed E-state index contributed by atoms with van der Waals surface area (Å²) in [5, 5.41) is 14.2. The van der Waals surface area contributed by atoms with Crippen LogP contribution in [-0.4, -0.2) is 41.4 Å². The molecule has 1 N–H and O–H groups in total. The second-order valence-corrected chi connectivity index (χ2v) is 8.72. The summed E-state index contributed by atoms with van der Waals surface area (Å²) in [5.41, 5.74) is 1.58. The Balaban J connectivity index is 2.11. The van der Waals surface area contributed by atoms with Crippen LogP contribution in [0.5, 0.6) is 5.88 Å². The predicted molar refractivity (Wildman–Crippen MR) is 99.8 cm³/mol. The summed E-state index contributed by atoms with van der Waals surface area (Å²) in [5.74, 6) is -0.540. The van der Waals surface area contributed by atoms with Crippen LogP contribution in [0.1, 0.15) is 59.8 Å². The number of aromatic hydroxyl groups is 1. The first kappa shape index (κ1) is 19.6. The molecule has 0 saturated heterocycles. The predicted octanol–water partition coefficient (Wildman–Crippen LogP) is 2.79. The molecular formula is C19H24N2O5S. The van der Waals surface area contributed by atoms with Crippen LogP contribution in [0.2, 0.25) is 0 Å². The number of carbonyl (C=O) groups excluding carboxylic acids is 1. The summed E-state index contributed by atoms with van der Waals surface area (Å²) in [6.07, 6.45) is 2.16. The molecule has 1 aromatic heterocycles. The molecule has 0 spiro atoms. The fourth-order valence-corrected chi connectivity index (χ4v) is 5.12. The largest absolute Gasteiger partial charge is 0.493 e. The van der Waals surface area contributed by atoms with Gasteiger partial charge in [0.05, 0.1) is 22.9 Å². The maximum atomic E-state index is 13.0. The number of aromatic nitrogens is 2. The van der Waals surface area contributed by atoms with E-state index in [0.717, 1.165) is 6.42 Å². The highest BCUT2D eigenvalue weighted by Gasteiger charge is 2.34. The van der Waals surface area contributed by atoms with E-state index >= 15 is 0 Å². The van der Waals surface area contributed by atoms with Gasteiger partial charge < -0.3 is 9.84 Å². The molecule has 27 heavy (non-hydrogen) atoms. The van der Waals surface area contributed by atoms with Crippen LogP contribution in [0.15, 0.2) is 23.2 Å². The molecule has 8 heteroatoms. The average Bonchev–Trinajstić information content (AvgIpc) is 3.01. The zero-order chi connectivity index (χ0) is 19.8. The normalized spacial score (nSPS) is 18.3. The first-order chi connectivity index (χ1) is 12.8. The highest BCUT2D eigenvalue weighted by atomic mass is 32.2. The number of benzene rings is 1. The monoisotopic (exact) mass is 392 g/mol. The van der Waals surface area contributed by atoms with Gasteiger partial charge in [0.25, 0.3) is 0 Å². The van der Waals surface area contributed by atoms with Crippen LogP contribution in [0.3, 0.4) is 0 Å². The smallest absolute Gasteiger partial charge is 0.220 e. The number of aryl methyl sites for hydroxylation is 1. The van der Waals surface area contributed by atoms with Gasteiger partial charge in [0, 0.05) is 24.3 Å². The van der Waals surface area contributed by atoms with Crippen molar-refractivity contribution in [3.05, 3.63) is 40.6 Å². The number of carbonyl (C=O) groups is 1. The Morgan fingerprint density at radius 2 is 2.07 bits per heavy atom. The van der Waals surface area contributed by atoms with Gasteiger partial charge in [-0.15, -0.1) is 0 Å². The SMILES string of the molecule is CCCOC1CCS(=O)(=O)c2ccc(C(=O)c3cnn(CC)c3O)c(C)c21. The Bertz CT molecular complexity index is 978. The molecule has 0 fully saturated rings. The summed E-state index contributed by atoms with van der Waals surface area (Å²) in [6.45, 7) is 6.49. The van der Waals surface area contributed by atoms with Crippen LogP contribution in [0, 0.1) is 6.92 Å². The highest BCUT2D eigenvalue weighted by molar-refractivity contribution is 7.91. The maximum Gasteiger partial charge on any atom is 0.220 e. The fourth-order valence-electron chi connectivity index (χ4n) is 3.48. The van der Waals surface area contributed by atoms with Crippen LogP contribution in [0.25, 0.3) is 0 Å². The van der Waals surface area contributed by atoms with Crippen molar-refractivity contribution in [1.29, 1.82) is 0 Å². The fraction of sp³-hybridized carbons (Fsp3) is 0.474. The van der Waals surface area contributed by atoms with Crippen molar-refractivity contribution in [3.63, 3.8) is 0 Å². The van der Waals surface area contributed by atoms with E-state index in [0.29, 0.717) is 36.3 Å². The van der Waals surface area contributed by atoms with Gasteiger partial charge in [-0.25, -0.2) is 13.1 Å². The number of hydrogen-bond donors (Lipinski definition) is 1.